The number of nitrogens with one attached hydrogen (secondary N) is 1. The average Bonchev–Trinajstić information content (AvgIpc) is 3.08. The molecule has 0 atom stereocenters. The number of halogens is 2. The zero-order chi connectivity index (χ0) is 18.8. The number of rotatable bonds is 2. The second-order valence-electron chi connectivity index (χ2n) is 5.95. The van der Waals surface area contributed by atoms with Crippen LogP contribution in [-0.4, -0.2) is 22.2 Å². The van der Waals surface area contributed by atoms with Gasteiger partial charge in [-0.3, -0.25) is 5.10 Å². The molecule has 27 heavy (non-hydrogen) atoms. The maximum atomic E-state index is 13.5. The SMILES string of the molecule is CN(c1cc(F)cc(F)c1)c1ccc2n[nH]c(C#Cc3ccccn3)c2c1. The molecule has 0 saturated heterocycles. The predicted octanol–water partition coefficient (Wildman–Crippen LogP) is 4.40. The van der Waals surface area contributed by atoms with Crippen LogP contribution in [0.4, 0.5) is 20.2 Å². The van der Waals surface area contributed by atoms with E-state index in [4.69, 9.17) is 0 Å². The minimum atomic E-state index is -0.622. The van der Waals surface area contributed by atoms with Crippen LogP contribution in [-0.2, 0) is 0 Å². The van der Waals surface area contributed by atoms with Gasteiger partial charge in [-0.15, -0.1) is 0 Å². The predicted molar refractivity (Wildman–Crippen MR) is 101 cm³/mol. The number of aromatic nitrogens is 3. The van der Waals surface area contributed by atoms with Gasteiger partial charge in [-0.2, -0.15) is 5.10 Å². The Balaban J connectivity index is 1.72. The number of fused-ring (bicyclic) bond motifs is 1. The Labute approximate surface area is 154 Å². The van der Waals surface area contributed by atoms with Crippen molar-refractivity contribution < 1.29 is 8.78 Å². The zero-order valence-corrected chi connectivity index (χ0v) is 14.4. The molecule has 0 bridgehead atoms. The summed E-state index contributed by atoms with van der Waals surface area (Å²) in [7, 11) is 1.74. The summed E-state index contributed by atoms with van der Waals surface area (Å²) in [6, 6.07) is 14.5. The molecule has 0 aliphatic heterocycles. The number of nitrogens with zero attached hydrogens (tertiary/aromatic N) is 3. The Morgan fingerprint density at radius 3 is 2.48 bits per heavy atom. The maximum Gasteiger partial charge on any atom is 0.128 e. The van der Waals surface area contributed by atoms with Crippen LogP contribution in [0.1, 0.15) is 11.4 Å². The van der Waals surface area contributed by atoms with Crippen molar-refractivity contribution in [2.45, 2.75) is 0 Å². The highest BCUT2D eigenvalue weighted by Crippen LogP contribution is 2.28. The highest BCUT2D eigenvalue weighted by atomic mass is 19.1. The molecule has 0 unspecified atom stereocenters. The molecule has 0 radical (unpaired) electrons. The Bertz CT molecular complexity index is 1150. The van der Waals surface area contributed by atoms with E-state index in [2.05, 4.69) is 27.0 Å². The Hall–Kier alpha value is -3.72. The minimum Gasteiger partial charge on any atom is -0.344 e. The van der Waals surface area contributed by atoms with Crippen LogP contribution in [0.25, 0.3) is 10.9 Å². The number of hydrogen-bond acceptors (Lipinski definition) is 3. The fraction of sp³-hybridized carbons (Fsp3) is 0.0476. The summed E-state index contributed by atoms with van der Waals surface area (Å²) >= 11 is 0. The van der Waals surface area contributed by atoms with Crippen molar-refractivity contribution >= 4 is 22.3 Å². The molecule has 0 aliphatic carbocycles. The fourth-order valence-electron chi connectivity index (χ4n) is 2.75. The number of hydrogen-bond donors (Lipinski definition) is 1. The molecule has 1 N–H and O–H groups in total. The van der Waals surface area contributed by atoms with Gasteiger partial charge in [-0.05, 0) is 54.3 Å². The first-order valence-electron chi connectivity index (χ1n) is 8.21. The second-order valence-corrected chi connectivity index (χ2v) is 5.95. The van der Waals surface area contributed by atoms with Gasteiger partial charge in [-0.1, -0.05) is 6.07 Å². The quantitative estimate of drug-likeness (QED) is 0.539. The summed E-state index contributed by atoms with van der Waals surface area (Å²) in [4.78, 5) is 5.88. The third-order valence-electron chi connectivity index (χ3n) is 4.14. The molecule has 2 heterocycles. The van der Waals surface area contributed by atoms with Gasteiger partial charge in [-0.25, -0.2) is 13.8 Å². The second kappa shape index (κ2) is 6.89. The van der Waals surface area contributed by atoms with Gasteiger partial charge in [0.2, 0.25) is 0 Å². The molecule has 0 spiro atoms. The lowest BCUT2D eigenvalue weighted by atomic mass is 10.1. The third-order valence-corrected chi connectivity index (χ3v) is 4.14. The summed E-state index contributed by atoms with van der Waals surface area (Å²) in [5.74, 6) is 4.78. The topological polar surface area (TPSA) is 44.8 Å². The van der Waals surface area contributed by atoms with Crippen molar-refractivity contribution in [1.29, 1.82) is 0 Å². The summed E-state index contributed by atoms with van der Waals surface area (Å²) in [6.45, 7) is 0. The molecule has 2 aromatic heterocycles. The van der Waals surface area contributed by atoms with E-state index in [1.807, 2.05) is 36.4 Å². The Morgan fingerprint density at radius 2 is 1.74 bits per heavy atom. The van der Waals surface area contributed by atoms with Crippen molar-refractivity contribution in [1.82, 2.24) is 15.2 Å². The highest BCUT2D eigenvalue weighted by Gasteiger charge is 2.10. The normalized spacial score (nSPS) is 10.5. The van der Waals surface area contributed by atoms with Crippen molar-refractivity contribution in [3.05, 3.63) is 83.8 Å². The third kappa shape index (κ3) is 3.48. The number of anilines is 2. The fourth-order valence-corrected chi connectivity index (χ4v) is 2.75. The van der Waals surface area contributed by atoms with Crippen LogP contribution < -0.4 is 4.90 Å². The molecule has 0 aliphatic rings. The first-order chi connectivity index (χ1) is 13.1. The molecule has 4 aromatic rings. The molecule has 4 rings (SSSR count). The van der Waals surface area contributed by atoms with E-state index in [1.54, 1.807) is 18.1 Å². The first kappa shape index (κ1) is 16.7. The minimum absolute atomic E-state index is 0.413. The van der Waals surface area contributed by atoms with E-state index < -0.39 is 11.6 Å². The zero-order valence-electron chi connectivity index (χ0n) is 14.4. The van der Waals surface area contributed by atoms with E-state index >= 15 is 0 Å². The van der Waals surface area contributed by atoms with E-state index in [0.29, 0.717) is 17.1 Å². The number of pyridine rings is 1. The van der Waals surface area contributed by atoms with Gasteiger partial charge in [0.05, 0.1) is 5.52 Å². The summed E-state index contributed by atoms with van der Waals surface area (Å²) in [5.41, 5.74) is 3.23. The van der Waals surface area contributed by atoms with Gasteiger partial charge in [0.25, 0.3) is 0 Å². The molecule has 6 heteroatoms. The molecule has 2 aromatic carbocycles. The monoisotopic (exact) mass is 360 g/mol. The molecule has 132 valence electrons. The molecule has 0 saturated carbocycles. The van der Waals surface area contributed by atoms with Crippen LogP contribution in [0, 0.1) is 23.5 Å². The van der Waals surface area contributed by atoms with Gasteiger partial charge < -0.3 is 4.90 Å². The number of benzene rings is 2. The van der Waals surface area contributed by atoms with Gasteiger partial charge in [0, 0.05) is 36.1 Å². The van der Waals surface area contributed by atoms with Crippen molar-refractivity contribution in [3.63, 3.8) is 0 Å². The van der Waals surface area contributed by atoms with Crippen LogP contribution >= 0.6 is 0 Å². The molecule has 0 fully saturated rings. The van der Waals surface area contributed by atoms with Crippen molar-refractivity contribution in [2.24, 2.45) is 0 Å². The lowest BCUT2D eigenvalue weighted by molar-refractivity contribution is 0.583. The van der Waals surface area contributed by atoms with Gasteiger partial charge in [0.15, 0.2) is 0 Å². The standard InChI is InChI=1S/C21H14F2N4/c1-27(18-11-14(22)10-15(23)12-18)17-6-8-21-19(13-17)20(25-26-21)7-5-16-4-2-3-9-24-16/h2-4,6,8-13H,1H3,(H,25,26). The Morgan fingerprint density at radius 1 is 0.926 bits per heavy atom. The first-order valence-corrected chi connectivity index (χ1v) is 8.21. The number of H-pyrrole nitrogens is 1. The Kier molecular flexibility index (Phi) is 4.27. The molecule has 0 amide bonds. The maximum absolute atomic E-state index is 13.5. The molecular weight excluding hydrogens is 346 g/mol. The van der Waals surface area contributed by atoms with Gasteiger partial charge in [0.1, 0.15) is 23.0 Å². The van der Waals surface area contributed by atoms with Crippen LogP contribution in [0.2, 0.25) is 0 Å². The van der Waals surface area contributed by atoms with E-state index in [9.17, 15) is 8.78 Å². The summed E-state index contributed by atoms with van der Waals surface area (Å²) < 4.78 is 27.1. The summed E-state index contributed by atoms with van der Waals surface area (Å²) in [6.07, 6.45) is 1.68. The van der Waals surface area contributed by atoms with Crippen LogP contribution in [0.15, 0.2) is 60.8 Å². The summed E-state index contributed by atoms with van der Waals surface area (Å²) in [5, 5.41) is 7.98. The van der Waals surface area contributed by atoms with Crippen LogP contribution in [0.3, 0.4) is 0 Å². The lowest BCUT2D eigenvalue weighted by Crippen LogP contribution is -2.10. The smallest absolute Gasteiger partial charge is 0.128 e. The van der Waals surface area contributed by atoms with Crippen LogP contribution in [0.5, 0.6) is 0 Å². The largest absolute Gasteiger partial charge is 0.344 e. The lowest BCUT2D eigenvalue weighted by Gasteiger charge is -2.19. The van der Waals surface area contributed by atoms with E-state index in [-0.39, 0.29) is 0 Å². The number of aromatic amines is 1. The molecule has 4 nitrogen and oxygen atoms in total. The highest BCUT2D eigenvalue weighted by molar-refractivity contribution is 5.88. The van der Waals surface area contributed by atoms with E-state index in [1.165, 1.54) is 12.1 Å². The van der Waals surface area contributed by atoms with E-state index in [0.717, 1.165) is 22.7 Å². The van der Waals surface area contributed by atoms with Crippen molar-refractivity contribution in [3.8, 4) is 11.8 Å². The van der Waals surface area contributed by atoms with Crippen molar-refractivity contribution in [2.75, 3.05) is 11.9 Å². The average molecular weight is 360 g/mol. The van der Waals surface area contributed by atoms with Gasteiger partial charge >= 0.3 is 0 Å². The molecular formula is C21H14F2N4.